The number of hydrogen-bond acceptors (Lipinski definition) is 4. The van der Waals surface area contributed by atoms with Crippen molar-refractivity contribution in [2.24, 2.45) is 0 Å². The quantitative estimate of drug-likeness (QED) is 0.577. The highest BCUT2D eigenvalue weighted by Crippen LogP contribution is 2.42. The summed E-state index contributed by atoms with van der Waals surface area (Å²) < 4.78 is 0. The standard InChI is InChI=1S/C23H29N3O3/c1-22(2,3)17-11-16(12-18(20(17)28)23(4,5)6)25-13-19(27)26(21(25)29)15-9-7-14(24)8-10-15/h7-12,28H,13,24H2,1-6H3. The molecule has 0 atom stereocenters. The minimum Gasteiger partial charge on any atom is -0.507 e. The Morgan fingerprint density at radius 3 is 1.79 bits per heavy atom. The molecule has 1 fully saturated rings. The van der Waals surface area contributed by atoms with Crippen LogP contribution in [0.1, 0.15) is 52.7 Å². The number of nitrogens with two attached hydrogens (primary N) is 1. The third-order valence-corrected chi connectivity index (χ3v) is 5.14. The van der Waals surface area contributed by atoms with Crippen molar-refractivity contribution in [3.63, 3.8) is 0 Å². The molecule has 1 aliphatic rings. The lowest BCUT2D eigenvalue weighted by molar-refractivity contribution is -0.115. The summed E-state index contributed by atoms with van der Waals surface area (Å²) in [4.78, 5) is 28.4. The van der Waals surface area contributed by atoms with Gasteiger partial charge in [-0.25, -0.2) is 9.69 Å². The molecule has 1 saturated heterocycles. The van der Waals surface area contributed by atoms with E-state index in [0.717, 1.165) is 11.1 Å². The summed E-state index contributed by atoms with van der Waals surface area (Å²) in [5, 5.41) is 10.9. The smallest absolute Gasteiger partial charge is 0.336 e. The van der Waals surface area contributed by atoms with E-state index in [1.54, 1.807) is 24.3 Å². The Balaban J connectivity index is 2.10. The van der Waals surface area contributed by atoms with Crippen LogP contribution in [0.4, 0.5) is 21.9 Å². The highest BCUT2D eigenvalue weighted by molar-refractivity contribution is 6.27. The topological polar surface area (TPSA) is 86.9 Å². The monoisotopic (exact) mass is 395 g/mol. The zero-order chi connectivity index (χ0) is 21.7. The zero-order valence-corrected chi connectivity index (χ0v) is 17.9. The first-order valence-corrected chi connectivity index (χ1v) is 9.68. The fourth-order valence-electron chi connectivity index (χ4n) is 3.50. The van der Waals surface area contributed by atoms with E-state index in [1.807, 2.05) is 53.7 Å². The molecule has 3 N–H and O–H groups in total. The van der Waals surface area contributed by atoms with E-state index in [4.69, 9.17) is 5.73 Å². The fraction of sp³-hybridized carbons (Fsp3) is 0.391. The van der Waals surface area contributed by atoms with Crippen LogP contribution in [-0.2, 0) is 15.6 Å². The number of hydrogen-bond donors (Lipinski definition) is 2. The molecule has 0 saturated carbocycles. The predicted molar refractivity (Wildman–Crippen MR) is 117 cm³/mol. The Kier molecular flexibility index (Phi) is 4.85. The zero-order valence-electron chi connectivity index (χ0n) is 17.9. The van der Waals surface area contributed by atoms with Gasteiger partial charge in [0.15, 0.2) is 0 Å². The summed E-state index contributed by atoms with van der Waals surface area (Å²) in [6.45, 7) is 12.0. The maximum atomic E-state index is 13.1. The number of aromatic hydroxyl groups is 1. The van der Waals surface area contributed by atoms with Crippen LogP contribution in [0.5, 0.6) is 5.75 Å². The Morgan fingerprint density at radius 1 is 0.862 bits per heavy atom. The second-order valence-electron chi connectivity index (χ2n) is 9.58. The highest BCUT2D eigenvalue weighted by atomic mass is 16.3. The van der Waals surface area contributed by atoms with Crippen molar-refractivity contribution in [2.75, 3.05) is 22.1 Å². The molecule has 3 rings (SSSR count). The Bertz CT molecular complexity index is 931. The normalized spacial score (nSPS) is 15.4. The minimum atomic E-state index is -0.412. The van der Waals surface area contributed by atoms with E-state index in [9.17, 15) is 14.7 Å². The maximum Gasteiger partial charge on any atom is 0.336 e. The molecule has 1 heterocycles. The fourth-order valence-corrected chi connectivity index (χ4v) is 3.50. The van der Waals surface area contributed by atoms with Crippen LogP contribution < -0.4 is 15.5 Å². The van der Waals surface area contributed by atoms with E-state index in [-0.39, 0.29) is 29.0 Å². The summed E-state index contributed by atoms with van der Waals surface area (Å²) in [5.74, 6) is -0.0652. The van der Waals surface area contributed by atoms with E-state index in [2.05, 4.69) is 0 Å². The average molecular weight is 396 g/mol. The number of nitrogen functional groups attached to an aromatic ring is 1. The lowest BCUT2D eigenvalue weighted by atomic mass is 9.79. The summed E-state index contributed by atoms with van der Waals surface area (Å²) >= 11 is 0. The van der Waals surface area contributed by atoms with Crippen LogP contribution >= 0.6 is 0 Å². The summed E-state index contributed by atoms with van der Waals surface area (Å²) in [6, 6.07) is 9.84. The number of phenols is 1. The van der Waals surface area contributed by atoms with Crippen LogP contribution in [0.25, 0.3) is 0 Å². The third-order valence-electron chi connectivity index (χ3n) is 5.14. The second-order valence-corrected chi connectivity index (χ2v) is 9.58. The van der Waals surface area contributed by atoms with Crippen LogP contribution in [0, 0.1) is 0 Å². The molecule has 0 aromatic heterocycles. The molecule has 0 spiro atoms. The van der Waals surface area contributed by atoms with Gasteiger partial charge in [-0.1, -0.05) is 41.5 Å². The number of urea groups is 1. The first-order chi connectivity index (χ1) is 13.3. The van der Waals surface area contributed by atoms with E-state index >= 15 is 0 Å². The van der Waals surface area contributed by atoms with E-state index in [1.165, 1.54) is 9.80 Å². The average Bonchev–Trinajstić information content (AvgIpc) is 2.88. The van der Waals surface area contributed by atoms with Crippen molar-refractivity contribution in [2.45, 2.75) is 52.4 Å². The molecule has 0 aliphatic carbocycles. The molecule has 2 aromatic carbocycles. The molecular weight excluding hydrogens is 366 g/mol. The van der Waals surface area contributed by atoms with Gasteiger partial charge in [-0.2, -0.15) is 0 Å². The van der Waals surface area contributed by atoms with Gasteiger partial charge in [0, 0.05) is 22.5 Å². The van der Waals surface area contributed by atoms with Gasteiger partial charge in [0.25, 0.3) is 5.91 Å². The first kappa shape index (κ1) is 20.7. The van der Waals surface area contributed by atoms with Crippen molar-refractivity contribution >= 4 is 29.0 Å². The van der Waals surface area contributed by atoms with Gasteiger partial charge in [0.2, 0.25) is 0 Å². The van der Waals surface area contributed by atoms with Crippen LogP contribution in [0.2, 0.25) is 0 Å². The maximum absolute atomic E-state index is 13.1. The number of anilines is 3. The molecule has 1 aliphatic heterocycles. The van der Waals surface area contributed by atoms with Crippen LogP contribution in [0.3, 0.4) is 0 Å². The SMILES string of the molecule is CC(C)(C)c1cc(N2CC(=O)N(c3ccc(N)cc3)C2=O)cc(C(C)(C)C)c1O. The van der Waals surface area contributed by atoms with E-state index in [0.29, 0.717) is 17.1 Å². The Labute approximate surface area is 171 Å². The molecule has 6 heteroatoms. The van der Waals surface area contributed by atoms with Crippen LogP contribution in [0.15, 0.2) is 36.4 Å². The summed E-state index contributed by atoms with van der Waals surface area (Å²) in [5.41, 5.74) is 8.20. The van der Waals surface area contributed by atoms with Crippen molar-refractivity contribution < 1.29 is 14.7 Å². The first-order valence-electron chi connectivity index (χ1n) is 9.68. The molecule has 0 unspecified atom stereocenters. The number of nitrogens with zero attached hydrogens (tertiary/aromatic N) is 2. The van der Waals surface area contributed by atoms with Gasteiger partial charge < -0.3 is 10.8 Å². The molecule has 0 bridgehead atoms. The third kappa shape index (κ3) is 3.79. The van der Waals surface area contributed by atoms with E-state index < -0.39 is 6.03 Å². The molecule has 29 heavy (non-hydrogen) atoms. The van der Waals surface area contributed by atoms with Crippen molar-refractivity contribution in [1.29, 1.82) is 0 Å². The Morgan fingerprint density at radius 2 is 1.34 bits per heavy atom. The van der Waals surface area contributed by atoms with Crippen molar-refractivity contribution in [3.8, 4) is 5.75 Å². The van der Waals surface area contributed by atoms with Gasteiger partial charge >= 0.3 is 6.03 Å². The largest absolute Gasteiger partial charge is 0.507 e. The predicted octanol–water partition coefficient (Wildman–Crippen LogP) is 4.54. The van der Waals surface area contributed by atoms with Crippen molar-refractivity contribution in [1.82, 2.24) is 0 Å². The van der Waals surface area contributed by atoms with Gasteiger partial charge in [-0.15, -0.1) is 0 Å². The second kappa shape index (κ2) is 6.79. The molecule has 6 nitrogen and oxygen atoms in total. The molecule has 2 aromatic rings. The van der Waals surface area contributed by atoms with Gasteiger partial charge in [-0.3, -0.25) is 9.69 Å². The lowest BCUT2D eigenvalue weighted by Gasteiger charge is -2.29. The summed E-state index contributed by atoms with van der Waals surface area (Å²) in [6.07, 6.45) is 0. The number of rotatable bonds is 2. The molecule has 0 radical (unpaired) electrons. The highest BCUT2D eigenvalue weighted by Gasteiger charge is 2.39. The lowest BCUT2D eigenvalue weighted by Crippen LogP contribution is -2.33. The number of amides is 3. The minimum absolute atomic E-state index is 0.0544. The van der Waals surface area contributed by atoms with Crippen LogP contribution in [-0.4, -0.2) is 23.6 Å². The van der Waals surface area contributed by atoms with Crippen molar-refractivity contribution in [3.05, 3.63) is 47.5 Å². The molecular formula is C23H29N3O3. The molecule has 154 valence electrons. The number of benzene rings is 2. The molecule has 3 amide bonds. The van der Waals surface area contributed by atoms with Gasteiger partial charge in [-0.05, 0) is 47.2 Å². The number of carbonyl (C=O) groups excluding carboxylic acids is 2. The summed E-state index contributed by atoms with van der Waals surface area (Å²) in [7, 11) is 0. The Hall–Kier alpha value is -3.02. The van der Waals surface area contributed by atoms with Gasteiger partial charge in [0.1, 0.15) is 12.3 Å². The number of imide groups is 1. The number of carbonyl (C=O) groups is 2. The number of phenolic OH excluding ortho intramolecular Hbond substituents is 1. The van der Waals surface area contributed by atoms with Gasteiger partial charge in [0.05, 0.1) is 5.69 Å².